The first-order chi connectivity index (χ1) is 11.9. The third kappa shape index (κ3) is 4.93. The Morgan fingerprint density at radius 2 is 1.76 bits per heavy atom. The molecule has 1 atom stereocenters. The van der Waals surface area contributed by atoms with Crippen LogP contribution in [0, 0.1) is 0 Å². The van der Waals surface area contributed by atoms with Gasteiger partial charge in [0.15, 0.2) is 17.3 Å². The molecule has 1 unspecified atom stereocenters. The predicted octanol–water partition coefficient (Wildman–Crippen LogP) is 1.60. The van der Waals surface area contributed by atoms with E-state index in [1.165, 1.54) is 0 Å². The van der Waals surface area contributed by atoms with Crippen molar-refractivity contribution in [2.24, 2.45) is 0 Å². The number of anilines is 2. The minimum Gasteiger partial charge on any atom is -0.493 e. The highest BCUT2D eigenvalue weighted by Crippen LogP contribution is 2.26. The third-order valence-electron chi connectivity index (χ3n) is 3.86. The van der Waals surface area contributed by atoms with E-state index in [0.29, 0.717) is 24.9 Å². The van der Waals surface area contributed by atoms with Gasteiger partial charge in [-0.15, -0.1) is 0 Å². The summed E-state index contributed by atoms with van der Waals surface area (Å²) in [6.07, 6.45) is 0. The molecular formula is C17H26N6O2. The fourth-order valence-electron chi connectivity index (χ4n) is 2.21. The summed E-state index contributed by atoms with van der Waals surface area (Å²) in [7, 11) is 7.36. The second-order valence-corrected chi connectivity index (χ2v) is 5.90. The van der Waals surface area contributed by atoms with Gasteiger partial charge in [0.2, 0.25) is 11.9 Å². The molecule has 0 aliphatic rings. The van der Waals surface area contributed by atoms with E-state index in [2.05, 4.69) is 19.9 Å². The second-order valence-electron chi connectivity index (χ2n) is 5.90. The number of nitrogens with zero attached hydrogens (tertiary/aromatic N) is 5. The first kappa shape index (κ1) is 18.7. The molecule has 1 heterocycles. The van der Waals surface area contributed by atoms with Gasteiger partial charge < -0.3 is 20.1 Å². The lowest BCUT2D eigenvalue weighted by Gasteiger charge is -2.24. The molecule has 2 N–H and O–H groups in total. The van der Waals surface area contributed by atoms with E-state index in [0.717, 1.165) is 11.5 Å². The van der Waals surface area contributed by atoms with Crippen molar-refractivity contribution in [2.75, 3.05) is 52.0 Å². The number of rotatable bonds is 8. The normalized spacial score (nSPS) is 12.1. The van der Waals surface area contributed by atoms with Crippen LogP contribution in [0.5, 0.6) is 11.5 Å². The molecule has 0 radical (unpaired) electrons. The number of hydrogen-bond donors (Lipinski definition) is 1. The summed E-state index contributed by atoms with van der Waals surface area (Å²) >= 11 is 0. The molecule has 25 heavy (non-hydrogen) atoms. The Labute approximate surface area is 148 Å². The molecule has 8 nitrogen and oxygen atoms in total. The minimum absolute atomic E-state index is 0.0229. The van der Waals surface area contributed by atoms with E-state index < -0.39 is 0 Å². The van der Waals surface area contributed by atoms with Crippen molar-refractivity contribution in [2.45, 2.75) is 13.0 Å². The van der Waals surface area contributed by atoms with Gasteiger partial charge in [-0.05, 0) is 26.1 Å². The Balaban J connectivity index is 1.97. The van der Waals surface area contributed by atoms with Crippen molar-refractivity contribution in [3.63, 3.8) is 0 Å². The highest BCUT2D eigenvalue weighted by atomic mass is 16.5. The van der Waals surface area contributed by atoms with Crippen molar-refractivity contribution >= 4 is 11.9 Å². The van der Waals surface area contributed by atoms with Gasteiger partial charge in [-0.1, -0.05) is 12.1 Å². The summed E-state index contributed by atoms with van der Waals surface area (Å²) < 4.78 is 11.1. The van der Waals surface area contributed by atoms with Crippen molar-refractivity contribution in [1.82, 2.24) is 19.9 Å². The van der Waals surface area contributed by atoms with Gasteiger partial charge in [0.05, 0.1) is 13.2 Å². The second kappa shape index (κ2) is 8.48. The van der Waals surface area contributed by atoms with Crippen LogP contribution < -0.4 is 20.1 Å². The van der Waals surface area contributed by atoms with Gasteiger partial charge in [0.1, 0.15) is 6.61 Å². The molecule has 8 heteroatoms. The van der Waals surface area contributed by atoms with Crippen LogP contribution in [-0.4, -0.2) is 61.3 Å². The van der Waals surface area contributed by atoms with Crippen LogP contribution >= 0.6 is 0 Å². The minimum atomic E-state index is -0.0229. The molecule has 0 aliphatic carbocycles. The molecule has 1 aromatic carbocycles. The first-order valence-corrected chi connectivity index (χ1v) is 8.07. The summed E-state index contributed by atoms with van der Waals surface area (Å²) in [6.45, 7) is 3.24. The van der Waals surface area contributed by atoms with E-state index in [4.69, 9.17) is 15.2 Å². The predicted molar refractivity (Wildman–Crippen MR) is 98.1 cm³/mol. The van der Waals surface area contributed by atoms with Crippen molar-refractivity contribution in [3.8, 4) is 11.5 Å². The number of methoxy groups -OCH3 is 1. The van der Waals surface area contributed by atoms with Gasteiger partial charge in [-0.3, -0.25) is 4.90 Å². The third-order valence-corrected chi connectivity index (χ3v) is 3.86. The van der Waals surface area contributed by atoms with Gasteiger partial charge in [0.25, 0.3) is 0 Å². The standard InChI is InChI=1S/C17H26N6O2/c1-12(15-19-16(18)21-17(20-15)22(2)3)23(4)10-11-25-14-9-7-6-8-13(14)24-5/h6-9,12H,10-11H2,1-5H3,(H2,18,19,20,21). The zero-order valence-electron chi connectivity index (χ0n) is 15.4. The van der Waals surface area contributed by atoms with Crippen molar-refractivity contribution < 1.29 is 9.47 Å². The summed E-state index contributed by atoms with van der Waals surface area (Å²) in [5, 5.41) is 0. The number of aromatic nitrogens is 3. The molecule has 0 saturated heterocycles. The number of para-hydroxylation sites is 2. The van der Waals surface area contributed by atoms with Gasteiger partial charge in [-0.2, -0.15) is 15.0 Å². The Bertz CT molecular complexity index is 695. The lowest BCUT2D eigenvalue weighted by Crippen LogP contribution is -2.29. The summed E-state index contributed by atoms with van der Waals surface area (Å²) in [5.41, 5.74) is 5.80. The van der Waals surface area contributed by atoms with Crippen molar-refractivity contribution in [1.29, 1.82) is 0 Å². The van der Waals surface area contributed by atoms with Gasteiger partial charge in [-0.25, -0.2) is 0 Å². The van der Waals surface area contributed by atoms with Gasteiger partial charge in [0, 0.05) is 20.6 Å². The van der Waals surface area contributed by atoms with Crippen LogP contribution in [0.1, 0.15) is 18.8 Å². The molecule has 2 aromatic rings. The SMILES string of the molecule is COc1ccccc1OCCN(C)C(C)c1nc(N)nc(N(C)C)n1. The fraction of sp³-hybridized carbons (Fsp3) is 0.471. The van der Waals surface area contributed by atoms with E-state index in [1.807, 2.05) is 52.3 Å². The van der Waals surface area contributed by atoms with E-state index in [9.17, 15) is 0 Å². The van der Waals surface area contributed by atoms with Crippen LogP contribution in [0.15, 0.2) is 24.3 Å². The van der Waals surface area contributed by atoms with Crippen molar-refractivity contribution in [3.05, 3.63) is 30.1 Å². The maximum Gasteiger partial charge on any atom is 0.229 e. The molecule has 0 amide bonds. The average Bonchev–Trinajstić information content (AvgIpc) is 2.60. The molecule has 136 valence electrons. The number of nitrogens with two attached hydrogens (primary N) is 1. The van der Waals surface area contributed by atoms with Crippen LogP contribution in [-0.2, 0) is 0 Å². The molecule has 0 fully saturated rings. The Morgan fingerprint density at radius 1 is 1.08 bits per heavy atom. The van der Waals surface area contributed by atoms with Crippen LogP contribution in [0.3, 0.4) is 0 Å². The molecular weight excluding hydrogens is 320 g/mol. The Hall–Kier alpha value is -2.61. The maximum atomic E-state index is 5.82. The highest BCUT2D eigenvalue weighted by Gasteiger charge is 2.17. The zero-order valence-corrected chi connectivity index (χ0v) is 15.4. The van der Waals surface area contributed by atoms with E-state index >= 15 is 0 Å². The largest absolute Gasteiger partial charge is 0.493 e. The fourth-order valence-corrected chi connectivity index (χ4v) is 2.21. The monoisotopic (exact) mass is 346 g/mol. The first-order valence-electron chi connectivity index (χ1n) is 8.07. The summed E-state index contributed by atoms with van der Waals surface area (Å²) in [4.78, 5) is 16.8. The molecule has 0 bridgehead atoms. The molecule has 0 aliphatic heterocycles. The van der Waals surface area contributed by atoms with E-state index in [1.54, 1.807) is 12.0 Å². The van der Waals surface area contributed by atoms with Crippen LogP contribution in [0.4, 0.5) is 11.9 Å². The lowest BCUT2D eigenvalue weighted by molar-refractivity contribution is 0.192. The lowest BCUT2D eigenvalue weighted by atomic mass is 10.3. The molecule has 1 aromatic heterocycles. The summed E-state index contributed by atoms with van der Waals surface area (Å²) in [6, 6.07) is 7.56. The molecule has 0 spiro atoms. The smallest absolute Gasteiger partial charge is 0.229 e. The van der Waals surface area contributed by atoms with Gasteiger partial charge >= 0.3 is 0 Å². The summed E-state index contributed by atoms with van der Waals surface area (Å²) in [5.74, 6) is 2.85. The maximum absolute atomic E-state index is 5.82. The number of hydrogen-bond acceptors (Lipinski definition) is 8. The number of likely N-dealkylation sites (N-methyl/N-ethyl adjacent to an activating group) is 1. The molecule has 2 rings (SSSR count). The Kier molecular flexibility index (Phi) is 6.35. The number of ether oxygens (including phenoxy) is 2. The van der Waals surface area contributed by atoms with Crippen LogP contribution in [0.2, 0.25) is 0 Å². The average molecular weight is 346 g/mol. The number of benzene rings is 1. The quantitative estimate of drug-likeness (QED) is 0.771. The Morgan fingerprint density at radius 3 is 2.40 bits per heavy atom. The topological polar surface area (TPSA) is 89.6 Å². The van der Waals surface area contributed by atoms with Crippen LogP contribution in [0.25, 0.3) is 0 Å². The number of nitrogen functional groups attached to an aromatic ring is 1. The zero-order chi connectivity index (χ0) is 18.4. The highest BCUT2D eigenvalue weighted by molar-refractivity contribution is 5.39. The van der Waals surface area contributed by atoms with E-state index in [-0.39, 0.29) is 12.0 Å². The molecule has 0 saturated carbocycles.